The van der Waals surface area contributed by atoms with E-state index in [0.717, 1.165) is 17.7 Å². The first-order valence-corrected chi connectivity index (χ1v) is 9.21. The molecule has 1 atom stereocenters. The van der Waals surface area contributed by atoms with Gasteiger partial charge in [0.1, 0.15) is 11.6 Å². The fraction of sp³-hybridized carbons (Fsp3) is 0.389. The minimum Gasteiger partial charge on any atom is -0.349 e. The van der Waals surface area contributed by atoms with Crippen LogP contribution in [0.2, 0.25) is 0 Å². The van der Waals surface area contributed by atoms with E-state index in [9.17, 15) is 14.0 Å². The first kappa shape index (κ1) is 17.7. The highest BCUT2D eigenvalue weighted by molar-refractivity contribution is 7.99. The van der Waals surface area contributed by atoms with E-state index in [2.05, 4.69) is 15.3 Å². The Morgan fingerprint density at radius 3 is 3.00 bits per heavy atom. The molecule has 0 saturated heterocycles. The quantitative estimate of drug-likeness (QED) is 0.878. The van der Waals surface area contributed by atoms with Gasteiger partial charge in [-0.2, -0.15) is 0 Å². The first-order chi connectivity index (χ1) is 12.0. The van der Waals surface area contributed by atoms with Crippen molar-refractivity contribution in [3.63, 3.8) is 0 Å². The molecule has 7 heteroatoms. The summed E-state index contributed by atoms with van der Waals surface area (Å²) in [7, 11) is 0. The van der Waals surface area contributed by atoms with Crippen LogP contribution in [0.15, 0.2) is 27.9 Å². The Bertz CT molecular complexity index is 866. The molecule has 0 spiro atoms. The smallest absolute Gasteiger partial charge is 0.254 e. The number of thioether (sulfide) groups is 1. The number of nitrogens with one attached hydrogen (secondary N) is 2. The zero-order valence-electron chi connectivity index (χ0n) is 14.2. The molecule has 2 heterocycles. The summed E-state index contributed by atoms with van der Waals surface area (Å²) in [5, 5.41) is 2.97. The number of hydrogen-bond acceptors (Lipinski definition) is 4. The molecule has 0 saturated carbocycles. The van der Waals surface area contributed by atoms with Gasteiger partial charge in [0, 0.05) is 28.3 Å². The third kappa shape index (κ3) is 3.92. The molecule has 0 aliphatic carbocycles. The number of fused-ring (bicyclic) bond motifs is 1. The Morgan fingerprint density at radius 1 is 1.44 bits per heavy atom. The Labute approximate surface area is 149 Å². The van der Waals surface area contributed by atoms with Crippen molar-refractivity contribution in [1.29, 1.82) is 0 Å². The minimum atomic E-state index is -0.241. The van der Waals surface area contributed by atoms with Crippen LogP contribution in [0.25, 0.3) is 0 Å². The van der Waals surface area contributed by atoms with Crippen molar-refractivity contribution in [1.82, 2.24) is 15.3 Å². The number of benzene rings is 1. The Kier molecular flexibility index (Phi) is 5.22. The first-order valence-electron chi connectivity index (χ1n) is 8.22. The van der Waals surface area contributed by atoms with Gasteiger partial charge in [-0.15, -0.1) is 11.8 Å². The average molecular weight is 361 g/mol. The van der Waals surface area contributed by atoms with Crippen molar-refractivity contribution in [2.24, 2.45) is 0 Å². The van der Waals surface area contributed by atoms with Gasteiger partial charge in [-0.3, -0.25) is 9.59 Å². The van der Waals surface area contributed by atoms with Crippen molar-refractivity contribution in [2.45, 2.75) is 44.0 Å². The molecule has 0 unspecified atom stereocenters. The lowest BCUT2D eigenvalue weighted by Gasteiger charge is -2.26. The van der Waals surface area contributed by atoms with Crippen molar-refractivity contribution in [2.75, 3.05) is 5.75 Å². The number of nitrogens with zero attached hydrogens (tertiary/aromatic N) is 1. The molecular formula is C18H20FN3O2S. The number of aromatic nitrogens is 2. The number of amides is 1. The topological polar surface area (TPSA) is 74.8 Å². The van der Waals surface area contributed by atoms with Crippen LogP contribution in [-0.4, -0.2) is 21.6 Å². The molecule has 0 fully saturated rings. The summed E-state index contributed by atoms with van der Waals surface area (Å²) < 4.78 is 13.9. The maximum atomic E-state index is 13.9. The van der Waals surface area contributed by atoms with Crippen molar-refractivity contribution >= 4 is 17.7 Å². The van der Waals surface area contributed by atoms with Crippen LogP contribution in [-0.2, 0) is 11.2 Å². The number of rotatable bonds is 4. The van der Waals surface area contributed by atoms with Crippen LogP contribution in [0.1, 0.15) is 41.5 Å². The summed E-state index contributed by atoms with van der Waals surface area (Å²) in [6.45, 7) is 3.50. The molecule has 1 aromatic carbocycles. The molecule has 2 aromatic rings. The summed E-state index contributed by atoms with van der Waals surface area (Å²) >= 11 is 1.48. The van der Waals surface area contributed by atoms with Gasteiger partial charge in [0.2, 0.25) is 5.91 Å². The van der Waals surface area contributed by atoms with Gasteiger partial charge in [0.15, 0.2) is 0 Å². The third-order valence-corrected chi connectivity index (χ3v) is 5.46. The highest BCUT2D eigenvalue weighted by atomic mass is 32.2. The lowest BCUT2D eigenvalue weighted by Crippen LogP contribution is -2.31. The summed E-state index contributed by atoms with van der Waals surface area (Å²) in [5.74, 6) is 0.939. The lowest BCUT2D eigenvalue weighted by atomic mass is 10.0. The normalized spacial score (nSPS) is 16.4. The molecule has 1 amide bonds. The molecular weight excluding hydrogens is 341 g/mol. The largest absolute Gasteiger partial charge is 0.349 e. The van der Waals surface area contributed by atoms with E-state index >= 15 is 0 Å². The molecule has 0 radical (unpaired) electrons. The second-order valence-corrected chi connectivity index (χ2v) is 7.24. The van der Waals surface area contributed by atoms with Gasteiger partial charge in [-0.25, -0.2) is 9.37 Å². The van der Waals surface area contributed by atoms with E-state index in [-0.39, 0.29) is 29.7 Å². The molecule has 1 aliphatic rings. The highest BCUT2D eigenvalue weighted by Crippen LogP contribution is 2.37. The van der Waals surface area contributed by atoms with Crippen LogP contribution >= 0.6 is 11.8 Å². The van der Waals surface area contributed by atoms with E-state index in [1.54, 1.807) is 19.9 Å². The van der Waals surface area contributed by atoms with E-state index in [1.807, 2.05) is 6.07 Å². The van der Waals surface area contributed by atoms with Gasteiger partial charge in [-0.1, -0.05) is 12.1 Å². The molecule has 0 bridgehead atoms. The number of hydrogen-bond donors (Lipinski definition) is 2. The lowest BCUT2D eigenvalue weighted by molar-refractivity contribution is -0.121. The van der Waals surface area contributed by atoms with Crippen LogP contribution in [0.4, 0.5) is 4.39 Å². The van der Waals surface area contributed by atoms with Gasteiger partial charge >= 0.3 is 0 Å². The fourth-order valence-corrected chi connectivity index (χ4v) is 4.23. The Morgan fingerprint density at radius 2 is 2.24 bits per heavy atom. The second-order valence-electron chi connectivity index (χ2n) is 6.13. The zero-order valence-corrected chi connectivity index (χ0v) is 15.0. The van der Waals surface area contributed by atoms with E-state index < -0.39 is 0 Å². The predicted molar refractivity (Wildman–Crippen MR) is 95.3 cm³/mol. The number of H-pyrrole nitrogens is 1. The Hall–Kier alpha value is -2.15. The van der Waals surface area contributed by atoms with E-state index in [0.29, 0.717) is 28.4 Å². The van der Waals surface area contributed by atoms with Gasteiger partial charge in [0.05, 0.1) is 6.04 Å². The standard InChI is InChI=1S/C18H20FN3O2S/c1-10-12(18(24)21-11(2)20-10)6-7-16(23)22-15-8-9-25-17-13(15)4-3-5-14(17)19/h3-5,15H,6-9H2,1-2H3,(H,22,23)(H,20,21,24)/t15-/m1/s1. The SMILES string of the molecule is Cc1nc(C)c(CCC(=O)N[C@@H]2CCSc3c(F)cccc32)c(=O)[nH]1. The molecule has 5 nitrogen and oxygen atoms in total. The van der Waals surface area contributed by atoms with Crippen LogP contribution in [0.5, 0.6) is 0 Å². The second kappa shape index (κ2) is 7.39. The predicted octanol–water partition coefficient (Wildman–Crippen LogP) is 2.81. The molecule has 132 valence electrons. The van der Waals surface area contributed by atoms with Gasteiger partial charge in [-0.05, 0) is 38.3 Å². The number of carbonyl (C=O) groups excluding carboxylic acids is 1. The van der Waals surface area contributed by atoms with Crippen molar-refractivity contribution in [3.8, 4) is 0 Å². The maximum absolute atomic E-state index is 13.9. The zero-order chi connectivity index (χ0) is 18.0. The molecule has 1 aliphatic heterocycles. The minimum absolute atomic E-state index is 0.147. The van der Waals surface area contributed by atoms with Crippen molar-refractivity contribution in [3.05, 3.63) is 57.0 Å². The van der Waals surface area contributed by atoms with Crippen LogP contribution in [0, 0.1) is 19.7 Å². The number of carbonyl (C=O) groups is 1. The average Bonchev–Trinajstić information content (AvgIpc) is 2.55. The summed E-state index contributed by atoms with van der Waals surface area (Å²) in [6, 6.07) is 4.78. The van der Waals surface area contributed by atoms with Gasteiger partial charge in [0.25, 0.3) is 5.56 Å². The number of aryl methyl sites for hydroxylation is 2. The molecule has 3 rings (SSSR count). The molecule has 2 N–H and O–H groups in total. The number of halogens is 1. The van der Waals surface area contributed by atoms with Crippen LogP contribution < -0.4 is 10.9 Å². The molecule has 25 heavy (non-hydrogen) atoms. The maximum Gasteiger partial charge on any atom is 0.254 e. The highest BCUT2D eigenvalue weighted by Gasteiger charge is 2.24. The number of aromatic amines is 1. The van der Waals surface area contributed by atoms with E-state index in [4.69, 9.17) is 0 Å². The summed E-state index contributed by atoms with van der Waals surface area (Å²) in [5.41, 5.74) is 1.82. The fourth-order valence-electron chi connectivity index (χ4n) is 3.09. The van der Waals surface area contributed by atoms with Crippen molar-refractivity contribution < 1.29 is 9.18 Å². The Balaban J connectivity index is 1.67. The molecule has 1 aromatic heterocycles. The monoisotopic (exact) mass is 361 g/mol. The van der Waals surface area contributed by atoms with Gasteiger partial charge < -0.3 is 10.3 Å². The third-order valence-electron chi connectivity index (χ3n) is 4.30. The van der Waals surface area contributed by atoms with Crippen LogP contribution in [0.3, 0.4) is 0 Å². The van der Waals surface area contributed by atoms with E-state index in [1.165, 1.54) is 17.8 Å². The summed E-state index contributed by atoms with van der Waals surface area (Å²) in [4.78, 5) is 31.8. The summed E-state index contributed by atoms with van der Waals surface area (Å²) in [6.07, 6.45) is 1.29.